The molecular weight excluding hydrogens is 358 g/mol. The van der Waals surface area contributed by atoms with Gasteiger partial charge in [0.2, 0.25) is 0 Å². The molecule has 0 amide bonds. The summed E-state index contributed by atoms with van der Waals surface area (Å²) < 4.78 is 7.75. The molecule has 2 aromatic carbocycles. The van der Waals surface area contributed by atoms with E-state index in [1.54, 1.807) is 0 Å². The molecule has 0 radical (unpaired) electrons. The number of carbonyl (C=O) groups excluding carboxylic acids is 1. The monoisotopic (exact) mass is 375 g/mol. The number of fused-ring (bicyclic) bond motifs is 1. The molecule has 134 valence electrons. The number of hydrogen-bond acceptors (Lipinski definition) is 2. The summed E-state index contributed by atoms with van der Waals surface area (Å²) in [5.74, 6) is 0.622. The van der Waals surface area contributed by atoms with Crippen LogP contribution in [0.2, 0.25) is 5.02 Å². The van der Waals surface area contributed by atoms with Crippen molar-refractivity contribution in [1.29, 1.82) is 0 Å². The van der Waals surface area contributed by atoms with Gasteiger partial charge in [-0.25, -0.2) is 0 Å². The number of hydrogen-bond donors (Lipinski definition) is 0. The molecular formula is C23H18ClNO2. The van der Waals surface area contributed by atoms with Crippen LogP contribution in [0.4, 0.5) is 0 Å². The fraction of sp³-hybridized carbons (Fsp3) is 0.0870. The van der Waals surface area contributed by atoms with Crippen molar-refractivity contribution < 1.29 is 9.53 Å². The second-order valence-electron chi connectivity index (χ2n) is 6.48. The van der Waals surface area contributed by atoms with E-state index in [9.17, 15) is 4.79 Å². The quantitative estimate of drug-likeness (QED) is 0.403. The second kappa shape index (κ2) is 7.29. The largest absolute Gasteiger partial charge is 0.487 e. The number of halogens is 1. The lowest BCUT2D eigenvalue weighted by Crippen LogP contribution is -1.96. The highest BCUT2D eigenvalue weighted by Crippen LogP contribution is 2.33. The van der Waals surface area contributed by atoms with Crippen LogP contribution < -0.4 is 4.74 Å². The van der Waals surface area contributed by atoms with E-state index in [2.05, 4.69) is 0 Å². The number of pyridine rings is 1. The zero-order valence-electron chi connectivity index (χ0n) is 14.9. The minimum Gasteiger partial charge on any atom is -0.487 e. The van der Waals surface area contributed by atoms with Crippen molar-refractivity contribution in [2.45, 2.75) is 13.5 Å². The molecule has 0 atom stereocenters. The normalized spacial score (nSPS) is 10.9. The zero-order chi connectivity index (χ0) is 18.8. The van der Waals surface area contributed by atoms with Crippen LogP contribution in [0.15, 0.2) is 72.9 Å². The van der Waals surface area contributed by atoms with E-state index in [-0.39, 0.29) is 0 Å². The first-order chi connectivity index (χ1) is 13.2. The molecule has 2 heterocycles. The van der Waals surface area contributed by atoms with Crippen LogP contribution in [0, 0.1) is 6.92 Å². The Morgan fingerprint density at radius 2 is 1.85 bits per heavy atom. The third kappa shape index (κ3) is 3.46. The molecule has 4 aromatic rings. The fourth-order valence-electron chi connectivity index (χ4n) is 3.17. The molecule has 27 heavy (non-hydrogen) atoms. The third-order valence-corrected chi connectivity index (χ3v) is 4.84. The summed E-state index contributed by atoms with van der Waals surface area (Å²) in [6.45, 7) is 2.46. The predicted octanol–water partition coefficient (Wildman–Crippen LogP) is 5.96. The van der Waals surface area contributed by atoms with Crippen LogP contribution in [-0.4, -0.2) is 10.7 Å². The smallest absolute Gasteiger partial charge is 0.167 e. The summed E-state index contributed by atoms with van der Waals surface area (Å²) in [5.41, 5.74) is 5.49. The van der Waals surface area contributed by atoms with Gasteiger partial charge in [0.15, 0.2) is 6.29 Å². The molecule has 0 aliphatic carbocycles. The Labute approximate surface area is 162 Å². The molecule has 0 unspecified atom stereocenters. The predicted molar refractivity (Wildman–Crippen MR) is 109 cm³/mol. The molecule has 0 fully saturated rings. The summed E-state index contributed by atoms with van der Waals surface area (Å²) in [4.78, 5) is 11.7. The molecule has 0 aliphatic rings. The summed E-state index contributed by atoms with van der Waals surface area (Å²) in [6.07, 6.45) is 2.84. The maximum atomic E-state index is 11.7. The van der Waals surface area contributed by atoms with Crippen LogP contribution in [0.1, 0.15) is 21.6 Å². The van der Waals surface area contributed by atoms with Crippen molar-refractivity contribution in [3.63, 3.8) is 0 Å². The molecule has 3 nitrogen and oxygen atoms in total. The van der Waals surface area contributed by atoms with Crippen LogP contribution in [-0.2, 0) is 6.61 Å². The molecule has 0 saturated carbocycles. The first kappa shape index (κ1) is 17.4. The van der Waals surface area contributed by atoms with Gasteiger partial charge < -0.3 is 9.14 Å². The van der Waals surface area contributed by atoms with Gasteiger partial charge in [-0.15, -0.1) is 0 Å². The Morgan fingerprint density at radius 1 is 1.04 bits per heavy atom. The van der Waals surface area contributed by atoms with Crippen molar-refractivity contribution in [3.05, 3.63) is 94.8 Å². The van der Waals surface area contributed by atoms with Crippen LogP contribution in [0.5, 0.6) is 5.75 Å². The SMILES string of the molecule is Cc1ccc2cc(-c3ccc(OCc4ccccc4)c(Cl)c3)c(C=O)n2c1. The van der Waals surface area contributed by atoms with Gasteiger partial charge in [-0.2, -0.15) is 0 Å². The van der Waals surface area contributed by atoms with Crippen molar-refractivity contribution >= 4 is 23.4 Å². The summed E-state index contributed by atoms with van der Waals surface area (Å²) in [7, 11) is 0. The molecule has 4 rings (SSSR count). The number of nitrogens with zero attached hydrogens (tertiary/aromatic N) is 1. The maximum Gasteiger partial charge on any atom is 0.167 e. The van der Waals surface area contributed by atoms with Gasteiger partial charge in [0.05, 0.1) is 10.7 Å². The minimum atomic E-state index is 0.453. The van der Waals surface area contributed by atoms with E-state index in [4.69, 9.17) is 16.3 Å². The van der Waals surface area contributed by atoms with E-state index in [0.29, 0.717) is 23.1 Å². The number of aromatic nitrogens is 1. The Balaban J connectivity index is 1.66. The van der Waals surface area contributed by atoms with Gasteiger partial charge in [0.25, 0.3) is 0 Å². The average Bonchev–Trinajstić information content (AvgIpc) is 3.05. The minimum absolute atomic E-state index is 0.453. The van der Waals surface area contributed by atoms with Crippen LogP contribution in [0.3, 0.4) is 0 Å². The van der Waals surface area contributed by atoms with Crippen molar-refractivity contribution in [3.8, 4) is 16.9 Å². The van der Waals surface area contributed by atoms with E-state index in [1.165, 1.54) is 0 Å². The molecule has 0 spiro atoms. The lowest BCUT2D eigenvalue weighted by Gasteiger charge is -2.10. The number of aryl methyl sites for hydroxylation is 1. The Hall–Kier alpha value is -3.04. The lowest BCUT2D eigenvalue weighted by atomic mass is 10.1. The maximum absolute atomic E-state index is 11.7. The Morgan fingerprint density at radius 3 is 2.59 bits per heavy atom. The molecule has 2 aromatic heterocycles. The second-order valence-corrected chi connectivity index (χ2v) is 6.89. The van der Waals surface area contributed by atoms with E-state index in [1.807, 2.05) is 84.3 Å². The highest BCUT2D eigenvalue weighted by molar-refractivity contribution is 6.32. The average molecular weight is 376 g/mol. The van der Waals surface area contributed by atoms with E-state index in [0.717, 1.165) is 34.1 Å². The molecule has 0 aliphatic heterocycles. The van der Waals surface area contributed by atoms with Gasteiger partial charge in [-0.05, 0) is 47.9 Å². The molecule has 4 heteroatoms. The van der Waals surface area contributed by atoms with Crippen molar-refractivity contribution in [2.24, 2.45) is 0 Å². The van der Waals surface area contributed by atoms with Crippen molar-refractivity contribution in [2.75, 3.05) is 0 Å². The Kier molecular flexibility index (Phi) is 4.69. The number of rotatable bonds is 5. The van der Waals surface area contributed by atoms with Gasteiger partial charge in [0.1, 0.15) is 12.4 Å². The lowest BCUT2D eigenvalue weighted by molar-refractivity contribution is 0.111. The van der Waals surface area contributed by atoms with Crippen molar-refractivity contribution in [1.82, 2.24) is 4.40 Å². The van der Waals surface area contributed by atoms with Gasteiger partial charge in [-0.3, -0.25) is 4.79 Å². The molecule has 0 bridgehead atoms. The third-order valence-electron chi connectivity index (χ3n) is 4.55. The zero-order valence-corrected chi connectivity index (χ0v) is 15.6. The van der Waals surface area contributed by atoms with Gasteiger partial charge in [0, 0.05) is 17.3 Å². The summed E-state index contributed by atoms with van der Waals surface area (Å²) >= 11 is 6.44. The van der Waals surface area contributed by atoms with Gasteiger partial charge >= 0.3 is 0 Å². The molecule has 0 N–H and O–H groups in total. The highest BCUT2D eigenvalue weighted by Gasteiger charge is 2.13. The highest BCUT2D eigenvalue weighted by atomic mass is 35.5. The summed E-state index contributed by atoms with van der Waals surface area (Å²) in [6, 6.07) is 21.6. The number of carbonyl (C=O) groups is 1. The standard InChI is InChI=1S/C23H18ClNO2/c1-16-7-9-19-12-20(22(14-26)25(19)13-16)18-8-10-23(21(24)11-18)27-15-17-5-3-2-4-6-17/h2-14H,15H2,1H3. The topological polar surface area (TPSA) is 30.7 Å². The molecule has 0 saturated heterocycles. The first-order valence-corrected chi connectivity index (χ1v) is 9.07. The van der Waals surface area contributed by atoms with Crippen LogP contribution in [0.25, 0.3) is 16.6 Å². The number of ether oxygens (including phenoxy) is 1. The van der Waals surface area contributed by atoms with E-state index >= 15 is 0 Å². The Bertz CT molecular complexity index is 1120. The number of aldehydes is 1. The first-order valence-electron chi connectivity index (χ1n) is 8.69. The summed E-state index contributed by atoms with van der Waals surface area (Å²) in [5, 5.41) is 0.520. The van der Waals surface area contributed by atoms with E-state index < -0.39 is 0 Å². The van der Waals surface area contributed by atoms with Gasteiger partial charge in [-0.1, -0.05) is 54.1 Å². The number of benzene rings is 2. The fourth-order valence-corrected chi connectivity index (χ4v) is 3.40. The van der Waals surface area contributed by atoms with Crippen LogP contribution >= 0.6 is 11.6 Å².